The average Bonchev–Trinajstić information content (AvgIpc) is 2.68. The predicted molar refractivity (Wildman–Crippen MR) is 61.5 cm³/mol. The van der Waals surface area contributed by atoms with E-state index in [0.29, 0.717) is 12.8 Å². The number of carbonyl (C=O) groups excluding carboxylic acids is 1. The van der Waals surface area contributed by atoms with Gasteiger partial charge in [-0.1, -0.05) is 24.3 Å². The second kappa shape index (κ2) is 4.45. The lowest BCUT2D eigenvalue weighted by molar-refractivity contribution is -0.140. The van der Waals surface area contributed by atoms with Crippen molar-refractivity contribution in [2.45, 2.75) is 18.9 Å². The van der Waals surface area contributed by atoms with E-state index in [-0.39, 0.29) is 5.92 Å². The fourth-order valence-corrected chi connectivity index (χ4v) is 2.36. The summed E-state index contributed by atoms with van der Waals surface area (Å²) in [4.78, 5) is 21.9. The summed E-state index contributed by atoms with van der Waals surface area (Å²) in [6.45, 7) is 0. The van der Waals surface area contributed by atoms with Crippen molar-refractivity contribution in [3.63, 3.8) is 0 Å². The summed E-state index contributed by atoms with van der Waals surface area (Å²) in [6, 6.07) is 6.11. The van der Waals surface area contributed by atoms with Gasteiger partial charge in [0.05, 0.1) is 0 Å². The average molecular weight is 234 g/mol. The Hall–Kier alpha value is -2.04. The number of hydrogen-bond acceptors (Lipinski definition) is 2. The fourth-order valence-electron chi connectivity index (χ4n) is 2.36. The van der Waals surface area contributed by atoms with Crippen LogP contribution >= 0.6 is 0 Å². The lowest BCUT2D eigenvalue weighted by Gasteiger charge is -2.19. The van der Waals surface area contributed by atoms with Gasteiger partial charge < -0.3 is 16.2 Å². The van der Waals surface area contributed by atoms with E-state index < -0.39 is 18.0 Å². The van der Waals surface area contributed by atoms with Crippen LogP contribution in [0.25, 0.3) is 0 Å². The predicted octanol–water partition coefficient (Wildman–Crippen LogP) is 0.523. The zero-order chi connectivity index (χ0) is 12.4. The number of fused-ring (bicyclic) bond motifs is 1. The normalized spacial score (nSPS) is 16.2. The van der Waals surface area contributed by atoms with Crippen LogP contribution in [-0.2, 0) is 17.6 Å². The Morgan fingerprint density at radius 1 is 1.29 bits per heavy atom. The van der Waals surface area contributed by atoms with Crippen molar-refractivity contribution in [1.29, 1.82) is 0 Å². The van der Waals surface area contributed by atoms with E-state index >= 15 is 0 Å². The molecule has 0 aliphatic heterocycles. The van der Waals surface area contributed by atoms with E-state index in [1.807, 2.05) is 24.3 Å². The molecule has 0 spiro atoms. The molecule has 2 rings (SSSR count). The van der Waals surface area contributed by atoms with Crippen LogP contribution in [-0.4, -0.2) is 23.1 Å². The van der Waals surface area contributed by atoms with Crippen LogP contribution in [0, 0.1) is 5.92 Å². The molecule has 1 atom stereocenters. The van der Waals surface area contributed by atoms with Crippen LogP contribution in [0.3, 0.4) is 0 Å². The molecule has 0 unspecified atom stereocenters. The van der Waals surface area contributed by atoms with Gasteiger partial charge in [0.15, 0.2) is 0 Å². The number of carboxylic acids is 1. The quantitative estimate of drug-likeness (QED) is 0.712. The third-order valence-corrected chi connectivity index (χ3v) is 3.12. The number of urea groups is 1. The van der Waals surface area contributed by atoms with Gasteiger partial charge in [-0.15, -0.1) is 0 Å². The maximum Gasteiger partial charge on any atom is 0.326 e. The fraction of sp³-hybridized carbons (Fsp3) is 0.333. The molecule has 0 saturated carbocycles. The van der Waals surface area contributed by atoms with Crippen molar-refractivity contribution in [3.8, 4) is 0 Å². The van der Waals surface area contributed by atoms with Gasteiger partial charge in [0, 0.05) is 0 Å². The van der Waals surface area contributed by atoms with E-state index in [0.717, 1.165) is 11.1 Å². The highest BCUT2D eigenvalue weighted by atomic mass is 16.4. The van der Waals surface area contributed by atoms with Crippen molar-refractivity contribution in [3.05, 3.63) is 35.4 Å². The summed E-state index contributed by atoms with van der Waals surface area (Å²) in [5.74, 6) is -1.17. The van der Waals surface area contributed by atoms with Crippen LogP contribution < -0.4 is 11.1 Å². The molecule has 2 amide bonds. The Morgan fingerprint density at radius 2 is 1.82 bits per heavy atom. The molecule has 0 saturated heterocycles. The molecular formula is C12H14N2O3. The third kappa shape index (κ3) is 2.38. The van der Waals surface area contributed by atoms with Crippen LogP contribution in [0.5, 0.6) is 0 Å². The Bertz CT molecular complexity index is 434. The Balaban J connectivity index is 2.14. The highest BCUT2D eigenvalue weighted by molar-refractivity contribution is 5.82. The number of primary amides is 1. The first-order chi connectivity index (χ1) is 8.08. The first-order valence-corrected chi connectivity index (χ1v) is 5.43. The topological polar surface area (TPSA) is 92.4 Å². The number of nitrogens with two attached hydrogens (primary N) is 1. The number of amides is 2. The molecule has 1 aromatic rings. The first kappa shape index (κ1) is 11.4. The number of nitrogens with one attached hydrogen (secondary N) is 1. The number of carbonyl (C=O) groups is 2. The highest BCUT2D eigenvalue weighted by Gasteiger charge is 2.33. The summed E-state index contributed by atoms with van der Waals surface area (Å²) in [5, 5.41) is 11.4. The molecule has 4 N–H and O–H groups in total. The number of carboxylic acid groups (broad SMARTS) is 1. The SMILES string of the molecule is NC(=O)N[C@@H](C(=O)O)C1Cc2ccccc2C1. The molecule has 5 nitrogen and oxygen atoms in total. The second-order valence-electron chi connectivity index (χ2n) is 4.26. The maximum absolute atomic E-state index is 11.1. The minimum atomic E-state index is -1.04. The van der Waals surface area contributed by atoms with E-state index in [1.54, 1.807) is 0 Å². The second-order valence-corrected chi connectivity index (χ2v) is 4.26. The van der Waals surface area contributed by atoms with Gasteiger partial charge in [-0.2, -0.15) is 0 Å². The van der Waals surface area contributed by atoms with Crippen LogP contribution in [0.1, 0.15) is 11.1 Å². The lowest BCUT2D eigenvalue weighted by Crippen LogP contribution is -2.48. The molecule has 0 bridgehead atoms. The Labute approximate surface area is 98.6 Å². The smallest absolute Gasteiger partial charge is 0.326 e. The molecule has 1 aliphatic carbocycles. The molecule has 0 fully saturated rings. The molecule has 1 aliphatic rings. The number of rotatable bonds is 3. The lowest BCUT2D eigenvalue weighted by atomic mass is 9.97. The number of benzene rings is 1. The van der Waals surface area contributed by atoms with Crippen molar-refractivity contribution in [2.75, 3.05) is 0 Å². The van der Waals surface area contributed by atoms with E-state index in [2.05, 4.69) is 5.32 Å². The van der Waals surface area contributed by atoms with Crippen molar-refractivity contribution in [1.82, 2.24) is 5.32 Å². The van der Waals surface area contributed by atoms with Crippen molar-refractivity contribution in [2.24, 2.45) is 11.7 Å². The first-order valence-electron chi connectivity index (χ1n) is 5.43. The number of aliphatic carboxylic acids is 1. The summed E-state index contributed by atoms with van der Waals surface area (Å²) >= 11 is 0. The monoisotopic (exact) mass is 234 g/mol. The molecule has 90 valence electrons. The molecule has 1 aromatic carbocycles. The van der Waals surface area contributed by atoms with Gasteiger partial charge in [-0.05, 0) is 29.9 Å². The minimum Gasteiger partial charge on any atom is -0.480 e. The Morgan fingerprint density at radius 3 is 2.24 bits per heavy atom. The van der Waals surface area contributed by atoms with Crippen LogP contribution in [0.4, 0.5) is 4.79 Å². The van der Waals surface area contributed by atoms with Crippen molar-refractivity contribution >= 4 is 12.0 Å². The van der Waals surface area contributed by atoms with E-state index in [1.165, 1.54) is 0 Å². The molecule has 0 radical (unpaired) electrons. The minimum absolute atomic E-state index is 0.127. The van der Waals surface area contributed by atoms with E-state index in [4.69, 9.17) is 10.8 Å². The van der Waals surface area contributed by atoms with Crippen molar-refractivity contribution < 1.29 is 14.7 Å². The summed E-state index contributed by atoms with van der Waals surface area (Å²) in [5.41, 5.74) is 7.29. The number of hydrogen-bond donors (Lipinski definition) is 3. The van der Waals surface area contributed by atoms with Crippen LogP contribution in [0.2, 0.25) is 0 Å². The van der Waals surface area contributed by atoms with E-state index in [9.17, 15) is 9.59 Å². The van der Waals surface area contributed by atoms with Gasteiger partial charge in [0.1, 0.15) is 6.04 Å². The van der Waals surface area contributed by atoms with Gasteiger partial charge in [-0.3, -0.25) is 0 Å². The zero-order valence-corrected chi connectivity index (χ0v) is 9.22. The highest BCUT2D eigenvalue weighted by Crippen LogP contribution is 2.28. The van der Waals surface area contributed by atoms with Crippen LogP contribution in [0.15, 0.2) is 24.3 Å². The standard InChI is InChI=1S/C12H14N2O3/c13-12(17)14-10(11(15)16)9-5-7-3-1-2-4-8(7)6-9/h1-4,9-10H,5-6H2,(H,15,16)(H3,13,14,17)/t10-/m1/s1. The zero-order valence-electron chi connectivity index (χ0n) is 9.22. The van der Waals surface area contributed by atoms with Gasteiger partial charge in [0.2, 0.25) is 0 Å². The molecule has 0 heterocycles. The molecular weight excluding hydrogens is 220 g/mol. The molecule has 5 heteroatoms. The largest absolute Gasteiger partial charge is 0.480 e. The summed E-state index contributed by atoms with van der Waals surface area (Å²) in [7, 11) is 0. The molecule has 17 heavy (non-hydrogen) atoms. The van der Waals surface area contributed by atoms with Gasteiger partial charge in [-0.25, -0.2) is 9.59 Å². The van der Waals surface area contributed by atoms with Gasteiger partial charge >= 0.3 is 12.0 Å². The third-order valence-electron chi connectivity index (χ3n) is 3.12. The summed E-state index contributed by atoms with van der Waals surface area (Å²) in [6.07, 6.45) is 1.32. The maximum atomic E-state index is 11.1. The van der Waals surface area contributed by atoms with Gasteiger partial charge in [0.25, 0.3) is 0 Å². The summed E-state index contributed by atoms with van der Waals surface area (Å²) < 4.78 is 0. The molecule has 0 aromatic heterocycles. The Kier molecular flexibility index (Phi) is 2.99.